The molecule has 0 atom stereocenters. The van der Waals surface area contributed by atoms with Crippen LogP contribution in [0.25, 0.3) is 0 Å². The predicted molar refractivity (Wildman–Crippen MR) is 71.4 cm³/mol. The van der Waals surface area contributed by atoms with Crippen LogP contribution >= 0.6 is 27.3 Å². The van der Waals surface area contributed by atoms with Crippen molar-refractivity contribution in [1.29, 1.82) is 0 Å². The molecule has 0 bridgehead atoms. The van der Waals surface area contributed by atoms with Crippen LogP contribution in [0, 0.1) is 13.8 Å². The van der Waals surface area contributed by atoms with Crippen LogP contribution in [0.3, 0.4) is 0 Å². The Kier molecular flexibility index (Phi) is 3.26. The molecule has 0 aliphatic carbocycles. The van der Waals surface area contributed by atoms with Gasteiger partial charge >= 0.3 is 0 Å². The average molecular weight is 295 g/mol. The summed E-state index contributed by atoms with van der Waals surface area (Å²) in [4.78, 5) is 13.0. The van der Waals surface area contributed by atoms with Crippen molar-refractivity contribution in [2.45, 2.75) is 13.8 Å². The number of thiophene rings is 1. The molecular formula is C13H11BrOS. The molecule has 0 radical (unpaired) electrons. The van der Waals surface area contributed by atoms with Gasteiger partial charge in [0.15, 0.2) is 0 Å². The van der Waals surface area contributed by atoms with Crippen molar-refractivity contribution in [3.8, 4) is 0 Å². The summed E-state index contributed by atoms with van der Waals surface area (Å²) >= 11 is 4.95. The molecule has 0 N–H and O–H groups in total. The zero-order chi connectivity index (χ0) is 11.7. The van der Waals surface area contributed by atoms with Crippen molar-refractivity contribution in [3.05, 3.63) is 55.7 Å². The average Bonchev–Trinajstić information content (AvgIpc) is 2.67. The number of ketones is 1. The zero-order valence-electron chi connectivity index (χ0n) is 9.08. The first kappa shape index (κ1) is 11.6. The summed E-state index contributed by atoms with van der Waals surface area (Å²) in [5.74, 6) is 0.105. The van der Waals surface area contributed by atoms with E-state index in [2.05, 4.69) is 15.9 Å². The molecule has 1 nitrogen and oxygen atoms in total. The monoisotopic (exact) mass is 294 g/mol. The molecule has 0 saturated carbocycles. The molecule has 0 unspecified atom stereocenters. The van der Waals surface area contributed by atoms with Crippen molar-refractivity contribution in [1.82, 2.24) is 0 Å². The number of carbonyl (C=O) groups excluding carboxylic acids is 1. The Bertz CT molecular complexity index is 543. The van der Waals surface area contributed by atoms with Gasteiger partial charge in [0.2, 0.25) is 5.78 Å². The van der Waals surface area contributed by atoms with Crippen molar-refractivity contribution < 1.29 is 4.79 Å². The van der Waals surface area contributed by atoms with Crippen LogP contribution in [0.2, 0.25) is 0 Å². The van der Waals surface area contributed by atoms with Gasteiger partial charge in [-0.15, -0.1) is 11.3 Å². The zero-order valence-corrected chi connectivity index (χ0v) is 11.5. The van der Waals surface area contributed by atoms with E-state index < -0.39 is 0 Å². The second-order valence-electron chi connectivity index (χ2n) is 3.73. The smallest absolute Gasteiger partial charge is 0.203 e. The summed E-state index contributed by atoms with van der Waals surface area (Å²) in [5, 5.41) is 1.95. The van der Waals surface area contributed by atoms with E-state index in [1.54, 1.807) is 0 Å². The number of benzene rings is 1. The van der Waals surface area contributed by atoms with E-state index in [4.69, 9.17) is 0 Å². The van der Waals surface area contributed by atoms with E-state index in [-0.39, 0.29) is 5.78 Å². The summed E-state index contributed by atoms with van der Waals surface area (Å²) in [6.07, 6.45) is 0. The highest BCUT2D eigenvalue weighted by Crippen LogP contribution is 2.23. The maximum atomic E-state index is 12.2. The molecule has 0 aliphatic heterocycles. The highest BCUT2D eigenvalue weighted by Gasteiger charge is 2.13. The number of hydrogen-bond acceptors (Lipinski definition) is 2. The Balaban J connectivity index is 2.42. The minimum absolute atomic E-state index is 0.105. The lowest BCUT2D eigenvalue weighted by Gasteiger charge is -2.03. The summed E-state index contributed by atoms with van der Waals surface area (Å²) < 4.78 is 0.979. The van der Waals surface area contributed by atoms with Crippen LogP contribution in [-0.4, -0.2) is 5.78 Å². The van der Waals surface area contributed by atoms with Gasteiger partial charge < -0.3 is 0 Å². The Morgan fingerprint density at radius 2 is 1.94 bits per heavy atom. The summed E-state index contributed by atoms with van der Waals surface area (Å²) in [7, 11) is 0. The van der Waals surface area contributed by atoms with E-state index in [0.717, 1.165) is 26.0 Å². The van der Waals surface area contributed by atoms with Gasteiger partial charge in [-0.25, -0.2) is 0 Å². The van der Waals surface area contributed by atoms with Gasteiger partial charge in [-0.3, -0.25) is 4.79 Å². The van der Waals surface area contributed by atoms with Crippen molar-refractivity contribution in [2.24, 2.45) is 0 Å². The molecule has 1 aromatic heterocycles. The largest absolute Gasteiger partial charge is 0.288 e. The fourth-order valence-electron chi connectivity index (χ4n) is 1.47. The first-order valence-electron chi connectivity index (χ1n) is 4.94. The van der Waals surface area contributed by atoms with Gasteiger partial charge in [0, 0.05) is 10.0 Å². The second-order valence-corrected chi connectivity index (χ2v) is 5.50. The van der Waals surface area contributed by atoms with Gasteiger partial charge in [0.25, 0.3) is 0 Å². The van der Waals surface area contributed by atoms with Gasteiger partial charge in [-0.2, -0.15) is 0 Å². The van der Waals surface area contributed by atoms with Crippen LogP contribution in [0.15, 0.2) is 34.1 Å². The maximum absolute atomic E-state index is 12.2. The van der Waals surface area contributed by atoms with Crippen LogP contribution in [-0.2, 0) is 0 Å². The van der Waals surface area contributed by atoms with Gasteiger partial charge in [-0.1, -0.05) is 28.1 Å². The molecule has 3 heteroatoms. The number of halogens is 1. The van der Waals surface area contributed by atoms with Crippen LogP contribution in [0.4, 0.5) is 0 Å². The van der Waals surface area contributed by atoms with E-state index in [1.165, 1.54) is 11.3 Å². The van der Waals surface area contributed by atoms with Gasteiger partial charge in [-0.05, 0) is 42.5 Å². The lowest BCUT2D eigenvalue weighted by molar-refractivity contribution is 0.104. The minimum atomic E-state index is 0.105. The standard InChI is InChI=1S/C13H11BrOS/c1-8-3-4-10(7-11(8)14)12(15)13-9(2)5-6-16-13/h3-7H,1-2H3. The normalized spacial score (nSPS) is 10.4. The third kappa shape index (κ3) is 2.11. The summed E-state index contributed by atoms with van der Waals surface area (Å²) in [5.41, 5.74) is 2.93. The fourth-order valence-corrected chi connectivity index (χ4v) is 2.74. The fraction of sp³-hybridized carbons (Fsp3) is 0.154. The molecule has 0 fully saturated rings. The Hall–Kier alpha value is -0.930. The number of carbonyl (C=O) groups is 1. The summed E-state index contributed by atoms with van der Waals surface area (Å²) in [6.45, 7) is 3.97. The van der Waals surface area contributed by atoms with E-state index >= 15 is 0 Å². The molecule has 82 valence electrons. The van der Waals surface area contributed by atoms with Crippen LogP contribution in [0.5, 0.6) is 0 Å². The highest BCUT2D eigenvalue weighted by atomic mass is 79.9. The molecule has 2 aromatic rings. The third-order valence-electron chi connectivity index (χ3n) is 2.50. The van der Waals surface area contributed by atoms with E-state index in [0.29, 0.717) is 0 Å². The third-order valence-corrected chi connectivity index (χ3v) is 4.37. The number of hydrogen-bond donors (Lipinski definition) is 0. The molecule has 0 aliphatic rings. The van der Waals surface area contributed by atoms with Crippen LogP contribution in [0.1, 0.15) is 26.4 Å². The predicted octanol–water partition coefficient (Wildman–Crippen LogP) is 4.36. The molecule has 0 saturated heterocycles. The lowest BCUT2D eigenvalue weighted by atomic mass is 10.1. The van der Waals surface area contributed by atoms with E-state index in [1.807, 2.05) is 43.5 Å². The van der Waals surface area contributed by atoms with Crippen molar-refractivity contribution in [2.75, 3.05) is 0 Å². The van der Waals surface area contributed by atoms with Crippen LogP contribution < -0.4 is 0 Å². The van der Waals surface area contributed by atoms with Gasteiger partial charge in [0.1, 0.15) is 0 Å². The Morgan fingerprint density at radius 1 is 1.19 bits per heavy atom. The summed E-state index contributed by atoms with van der Waals surface area (Å²) in [6, 6.07) is 7.69. The topological polar surface area (TPSA) is 17.1 Å². The molecule has 0 amide bonds. The number of aryl methyl sites for hydroxylation is 2. The molecule has 16 heavy (non-hydrogen) atoms. The van der Waals surface area contributed by atoms with Crippen molar-refractivity contribution >= 4 is 33.0 Å². The second kappa shape index (κ2) is 4.52. The molecule has 1 heterocycles. The maximum Gasteiger partial charge on any atom is 0.203 e. The Labute approximate surface area is 107 Å². The molecule has 1 aromatic carbocycles. The van der Waals surface area contributed by atoms with Gasteiger partial charge in [0.05, 0.1) is 4.88 Å². The Morgan fingerprint density at radius 3 is 2.50 bits per heavy atom. The first-order chi connectivity index (χ1) is 7.59. The molecular weight excluding hydrogens is 284 g/mol. The SMILES string of the molecule is Cc1ccc(C(=O)c2sccc2C)cc1Br. The number of rotatable bonds is 2. The van der Waals surface area contributed by atoms with E-state index in [9.17, 15) is 4.79 Å². The van der Waals surface area contributed by atoms with Crippen molar-refractivity contribution in [3.63, 3.8) is 0 Å². The minimum Gasteiger partial charge on any atom is -0.288 e. The highest BCUT2D eigenvalue weighted by molar-refractivity contribution is 9.10. The first-order valence-corrected chi connectivity index (χ1v) is 6.62. The lowest BCUT2D eigenvalue weighted by Crippen LogP contribution is -2.00. The molecule has 0 spiro atoms. The quantitative estimate of drug-likeness (QED) is 0.752. The molecule has 2 rings (SSSR count).